The maximum Gasteiger partial charge on any atom is 0.230 e. The molecule has 0 unspecified atom stereocenters. The highest BCUT2D eigenvalue weighted by Gasteiger charge is 2.50. The van der Waals surface area contributed by atoms with E-state index in [2.05, 4.69) is 14.5 Å². The molecule has 4 rings (SSSR count). The van der Waals surface area contributed by atoms with Crippen molar-refractivity contribution in [1.82, 2.24) is 4.90 Å². The van der Waals surface area contributed by atoms with Gasteiger partial charge in [-0.1, -0.05) is 0 Å². The van der Waals surface area contributed by atoms with Crippen LogP contribution in [-0.2, 0) is 14.8 Å². The third-order valence-corrected chi connectivity index (χ3v) is 7.37. The first-order valence-corrected chi connectivity index (χ1v) is 12.5. The van der Waals surface area contributed by atoms with Crippen molar-refractivity contribution in [2.75, 3.05) is 35.5 Å². The second kappa shape index (κ2) is 7.80. The largest absolute Gasteiger partial charge is 0.393 e. The lowest BCUT2D eigenvalue weighted by molar-refractivity contribution is -0.139. The number of nitrogens with zero attached hydrogens (tertiary/aromatic N) is 2. The fourth-order valence-corrected chi connectivity index (χ4v) is 5.82. The standard InChI is InChI=1S/C21H31N3O4S/c1-29(27,28)22-16-3-5-17(6-4-16)23-13-2-11-21(15-23)12-14-24(20(21)26)18-7-9-19(25)10-8-18/h3-6,18-19,22,25H,2,7-15H2,1H3/t18-,19-,21-/m0/s1. The van der Waals surface area contributed by atoms with Gasteiger partial charge in [-0.15, -0.1) is 0 Å². The fourth-order valence-electron chi connectivity index (χ4n) is 5.25. The third-order valence-electron chi connectivity index (χ3n) is 6.77. The predicted molar refractivity (Wildman–Crippen MR) is 113 cm³/mol. The number of amides is 1. The number of rotatable bonds is 4. The fraction of sp³-hybridized carbons (Fsp3) is 0.667. The van der Waals surface area contributed by atoms with E-state index in [-0.39, 0.29) is 17.6 Å². The topological polar surface area (TPSA) is 90.0 Å². The van der Waals surface area contributed by atoms with Gasteiger partial charge in [0, 0.05) is 37.1 Å². The molecule has 7 nitrogen and oxygen atoms in total. The van der Waals surface area contributed by atoms with E-state index in [1.165, 1.54) is 0 Å². The summed E-state index contributed by atoms with van der Waals surface area (Å²) in [6.07, 6.45) is 7.14. The zero-order valence-electron chi connectivity index (χ0n) is 17.0. The second-order valence-electron chi connectivity index (χ2n) is 8.94. The minimum absolute atomic E-state index is 0.205. The summed E-state index contributed by atoms with van der Waals surface area (Å²) >= 11 is 0. The number of aliphatic hydroxyl groups is 1. The van der Waals surface area contributed by atoms with Crippen LogP contribution in [0.1, 0.15) is 44.9 Å². The van der Waals surface area contributed by atoms with Crippen molar-refractivity contribution in [1.29, 1.82) is 0 Å². The molecule has 0 radical (unpaired) electrons. The summed E-state index contributed by atoms with van der Waals surface area (Å²) in [6.45, 7) is 2.45. The normalized spacial score (nSPS) is 30.8. The number of benzene rings is 1. The highest BCUT2D eigenvalue weighted by molar-refractivity contribution is 7.92. The van der Waals surface area contributed by atoms with E-state index in [1.54, 1.807) is 12.1 Å². The molecule has 1 aliphatic carbocycles. The van der Waals surface area contributed by atoms with Crippen molar-refractivity contribution in [3.8, 4) is 0 Å². The third kappa shape index (κ3) is 4.38. The first kappa shape index (κ1) is 20.5. The van der Waals surface area contributed by atoms with E-state index < -0.39 is 10.0 Å². The van der Waals surface area contributed by atoms with Crippen molar-refractivity contribution in [2.45, 2.75) is 57.1 Å². The summed E-state index contributed by atoms with van der Waals surface area (Å²) < 4.78 is 25.3. The van der Waals surface area contributed by atoms with E-state index in [9.17, 15) is 18.3 Å². The van der Waals surface area contributed by atoms with Crippen molar-refractivity contribution < 1.29 is 18.3 Å². The van der Waals surface area contributed by atoms with Gasteiger partial charge < -0.3 is 14.9 Å². The first-order chi connectivity index (χ1) is 13.8. The van der Waals surface area contributed by atoms with Gasteiger partial charge >= 0.3 is 0 Å². The lowest BCUT2D eigenvalue weighted by atomic mass is 9.78. The van der Waals surface area contributed by atoms with Crippen LogP contribution in [0, 0.1) is 5.41 Å². The van der Waals surface area contributed by atoms with Crippen LogP contribution in [0.5, 0.6) is 0 Å². The molecule has 0 aromatic heterocycles. The quantitative estimate of drug-likeness (QED) is 0.778. The Bertz CT molecular complexity index is 849. The van der Waals surface area contributed by atoms with Crippen LogP contribution in [0.2, 0.25) is 0 Å². The zero-order chi connectivity index (χ0) is 20.6. The Morgan fingerprint density at radius 2 is 1.76 bits per heavy atom. The van der Waals surface area contributed by atoms with Gasteiger partial charge in [0.2, 0.25) is 15.9 Å². The van der Waals surface area contributed by atoms with Crippen LogP contribution in [0.3, 0.4) is 0 Å². The molecule has 2 N–H and O–H groups in total. The number of likely N-dealkylation sites (tertiary alicyclic amines) is 1. The Morgan fingerprint density at radius 3 is 2.41 bits per heavy atom. The molecule has 29 heavy (non-hydrogen) atoms. The summed E-state index contributed by atoms with van der Waals surface area (Å²) in [6, 6.07) is 7.67. The Hall–Kier alpha value is -1.80. The molecule has 1 aromatic carbocycles. The number of piperidine rings is 1. The Balaban J connectivity index is 1.45. The summed E-state index contributed by atoms with van der Waals surface area (Å²) in [5, 5.41) is 9.77. The number of hydrogen-bond acceptors (Lipinski definition) is 5. The van der Waals surface area contributed by atoms with Crippen LogP contribution in [-0.4, -0.2) is 62.4 Å². The molecule has 2 saturated heterocycles. The van der Waals surface area contributed by atoms with Gasteiger partial charge in [-0.3, -0.25) is 9.52 Å². The molecule has 1 saturated carbocycles. The van der Waals surface area contributed by atoms with Gasteiger partial charge in [0.15, 0.2) is 0 Å². The van der Waals surface area contributed by atoms with E-state index >= 15 is 0 Å². The number of sulfonamides is 1. The zero-order valence-corrected chi connectivity index (χ0v) is 17.8. The molecule has 8 heteroatoms. The molecular formula is C21H31N3O4S. The van der Waals surface area contributed by atoms with Gasteiger partial charge in [-0.25, -0.2) is 8.42 Å². The van der Waals surface area contributed by atoms with E-state index in [0.717, 1.165) is 76.5 Å². The number of anilines is 2. The van der Waals surface area contributed by atoms with Crippen molar-refractivity contribution >= 4 is 27.3 Å². The minimum Gasteiger partial charge on any atom is -0.393 e. The Kier molecular flexibility index (Phi) is 5.50. The Labute approximate surface area is 173 Å². The number of nitrogens with one attached hydrogen (secondary N) is 1. The van der Waals surface area contributed by atoms with Crippen LogP contribution in [0.15, 0.2) is 24.3 Å². The summed E-state index contributed by atoms with van der Waals surface area (Å²) in [4.78, 5) is 17.8. The molecule has 2 aliphatic heterocycles. The van der Waals surface area contributed by atoms with Crippen molar-refractivity contribution in [2.24, 2.45) is 5.41 Å². The van der Waals surface area contributed by atoms with E-state index in [4.69, 9.17) is 0 Å². The molecule has 160 valence electrons. The summed E-state index contributed by atoms with van der Waals surface area (Å²) in [7, 11) is -3.29. The molecular weight excluding hydrogens is 390 g/mol. The molecule has 2 heterocycles. The van der Waals surface area contributed by atoms with Gasteiger partial charge in [0.05, 0.1) is 17.8 Å². The molecule has 0 bridgehead atoms. The van der Waals surface area contributed by atoms with Crippen molar-refractivity contribution in [3.63, 3.8) is 0 Å². The maximum absolute atomic E-state index is 13.4. The molecule has 1 spiro atoms. The van der Waals surface area contributed by atoms with E-state index in [0.29, 0.717) is 11.6 Å². The molecule has 3 aliphatic rings. The average Bonchev–Trinajstić information content (AvgIpc) is 2.98. The second-order valence-corrected chi connectivity index (χ2v) is 10.7. The molecule has 1 atom stereocenters. The monoisotopic (exact) mass is 421 g/mol. The predicted octanol–water partition coefficient (Wildman–Crippen LogP) is 2.18. The summed E-state index contributed by atoms with van der Waals surface area (Å²) in [5.41, 5.74) is 1.26. The number of carbonyl (C=O) groups excluding carboxylic acids is 1. The highest BCUT2D eigenvalue weighted by atomic mass is 32.2. The highest BCUT2D eigenvalue weighted by Crippen LogP contribution is 2.43. The van der Waals surface area contributed by atoms with Gasteiger partial charge in [0.1, 0.15) is 0 Å². The van der Waals surface area contributed by atoms with Crippen LogP contribution < -0.4 is 9.62 Å². The maximum atomic E-state index is 13.4. The van der Waals surface area contributed by atoms with Gasteiger partial charge in [-0.2, -0.15) is 0 Å². The van der Waals surface area contributed by atoms with E-state index in [1.807, 2.05) is 12.1 Å². The summed E-state index contributed by atoms with van der Waals surface area (Å²) in [5.74, 6) is 0.291. The van der Waals surface area contributed by atoms with Crippen LogP contribution in [0.4, 0.5) is 11.4 Å². The molecule has 1 aromatic rings. The van der Waals surface area contributed by atoms with Crippen molar-refractivity contribution in [3.05, 3.63) is 24.3 Å². The molecule has 1 amide bonds. The lowest BCUT2D eigenvalue weighted by Gasteiger charge is -2.41. The van der Waals surface area contributed by atoms with Gasteiger partial charge in [-0.05, 0) is 69.2 Å². The average molecular weight is 422 g/mol. The van der Waals surface area contributed by atoms with Crippen LogP contribution in [0.25, 0.3) is 0 Å². The minimum atomic E-state index is -3.29. The smallest absolute Gasteiger partial charge is 0.230 e. The number of hydrogen-bond donors (Lipinski definition) is 2. The molecule has 3 fully saturated rings. The number of carbonyl (C=O) groups is 1. The van der Waals surface area contributed by atoms with Gasteiger partial charge in [0.25, 0.3) is 0 Å². The van der Waals surface area contributed by atoms with Crippen LogP contribution >= 0.6 is 0 Å². The SMILES string of the molecule is CS(=O)(=O)Nc1ccc(N2CCC[C@]3(CCN([C@H]4CC[C@H](O)CC4)C3=O)C2)cc1. The Morgan fingerprint density at radius 1 is 1.07 bits per heavy atom. The first-order valence-electron chi connectivity index (χ1n) is 10.6. The lowest BCUT2D eigenvalue weighted by Crippen LogP contribution is -2.50. The number of aliphatic hydroxyl groups excluding tert-OH is 1.